The minimum Gasteiger partial charge on any atom is -0.403 e. The van der Waals surface area contributed by atoms with Crippen LogP contribution in [0.25, 0.3) is 0 Å². The molecule has 1 rings (SSSR count). The number of benzene rings is 1. The molecular weight excluding hydrogens is 295 g/mol. The third kappa shape index (κ3) is 3.91. The molecule has 0 aliphatic carbocycles. The standard InChI is InChI=1S/C10H14BrO4P/c1-3-13-16(12,14-4-2)15-10-8-6-5-7-9(10)11/h5-8H,3-4H2,1-2H3. The van der Waals surface area contributed by atoms with Crippen molar-refractivity contribution in [1.29, 1.82) is 0 Å². The molecule has 0 atom stereocenters. The van der Waals surface area contributed by atoms with Crippen LogP contribution in [-0.4, -0.2) is 13.2 Å². The van der Waals surface area contributed by atoms with Crippen molar-refractivity contribution in [1.82, 2.24) is 0 Å². The first-order valence-corrected chi connectivity index (χ1v) is 7.20. The molecule has 0 fully saturated rings. The van der Waals surface area contributed by atoms with Gasteiger partial charge in [-0.15, -0.1) is 0 Å². The molecule has 1 aromatic carbocycles. The van der Waals surface area contributed by atoms with Crippen molar-refractivity contribution in [3.05, 3.63) is 28.7 Å². The summed E-state index contributed by atoms with van der Waals surface area (Å²) in [4.78, 5) is 0. The maximum Gasteiger partial charge on any atom is 0.530 e. The fourth-order valence-electron chi connectivity index (χ4n) is 1.05. The Bertz CT molecular complexity index is 373. The van der Waals surface area contributed by atoms with Gasteiger partial charge in [0.05, 0.1) is 17.7 Å². The van der Waals surface area contributed by atoms with Crippen molar-refractivity contribution in [3.8, 4) is 5.75 Å². The Morgan fingerprint density at radius 2 is 1.75 bits per heavy atom. The van der Waals surface area contributed by atoms with Gasteiger partial charge in [0.1, 0.15) is 5.75 Å². The molecule has 90 valence electrons. The first-order chi connectivity index (χ1) is 7.61. The normalized spacial score (nSPS) is 11.4. The summed E-state index contributed by atoms with van der Waals surface area (Å²) in [5.74, 6) is 0.438. The summed E-state index contributed by atoms with van der Waals surface area (Å²) in [6.07, 6.45) is 0. The Hall–Kier alpha value is -0.350. The third-order valence-electron chi connectivity index (χ3n) is 1.62. The van der Waals surface area contributed by atoms with Crippen LogP contribution in [0.1, 0.15) is 13.8 Å². The molecule has 0 saturated carbocycles. The van der Waals surface area contributed by atoms with Gasteiger partial charge < -0.3 is 4.52 Å². The molecule has 0 N–H and O–H groups in total. The van der Waals surface area contributed by atoms with E-state index < -0.39 is 7.82 Å². The highest BCUT2D eigenvalue weighted by Gasteiger charge is 2.27. The monoisotopic (exact) mass is 308 g/mol. The van der Waals surface area contributed by atoms with Crippen LogP contribution in [0.4, 0.5) is 0 Å². The van der Waals surface area contributed by atoms with Crippen LogP contribution < -0.4 is 4.52 Å². The van der Waals surface area contributed by atoms with E-state index in [2.05, 4.69) is 15.9 Å². The van der Waals surface area contributed by atoms with Crippen LogP contribution in [0.3, 0.4) is 0 Å². The van der Waals surface area contributed by atoms with E-state index in [0.717, 1.165) is 0 Å². The molecule has 0 saturated heterocycles. The summed E-state index contributed by atoms with van der Waals surface area (Å²) in [6, 6.07) is 7.10. The van der Waals surface area contributed by atoms with E-state index in [9.17, 15) is 4.57 Å². The van der Waals surface area contributed by atoms with Crippen LogP contribution in [0.5, 0.6) is 5.75 Å². The topological polar surface area (TPSA) is 44.8 Å². The Morgan fingerprint density at radius 1 is 1.19 bits per heavy atom. The molecule has 0 aliphatic heterocycles. The van der Waals surface area contributed by atoms with Crippen LogP contribution in [-0.2, 0) is 13.6 Å². The second-order valence-corrected chi connectivity index (χ2v) is 5.25. The summed E-state index contributed by atoms with van der Waals surface area (Å²) in [6.45, 7) is 3.99. The van der Waals surface area contributed by atoms with Gasteiger partial charge in [0.2, 0.25) is 0 Å². The first kappa shape index (κ1) is 13.7. The zero-order valence-electron chi connectivity index (χ0n) is 9.18. The smallest absolute Gasteiger partial charge is 0.403 e. The molecule has 0 heterocycles. The largest absolute Gasteiger partial charge is 0.530 e. The summed E-state index contributed by atoms with van der Waals surface area (Å²) < 4.78 is 28.1. The summed E-state index contributed by atoms with van der Waals surface area (Å²) in [5.41, 5.74) is 0. The van der Waals surface area contributed by atoms with E-state index in [1.165, 1.54) is 0 Å². The molecular formula is C10H14BrO4P. The number of phosphoric ester groups is 1. The Morgan fingerprint density at radius 3 is 2.25 bits per heavy atom. The highest BCUT2D eigenvalue weighted by Crippen LogP contribution is 2.50. The minimum absolute atomic E-state index is 0.266. The predicted octanol–water partition coefficient (Wildman–Crippen LogP) is 4.01. The van der Waals surface area contributed by atoms with Crippen LogP contribution >= 0.6 is 23.8 Å². The lowest BCUT2D eigenvalue weighted by molar-refractivity contribution is 0.167. The zero-order valence-corrected chi connectivity index (χ0v) is 11.7. The third-order valence-corrected chi connectivity index (χ3v) is 3.85. The lowest BCUT2D eigenvalue weighted by atomic mass is 10.3. The molecule has 0 amide bonds. The Kier molecular flexibility index (Phi) is 5.49. The van der Waals surface area contributed by atoms with E-state index in [0.29, 0.717) is 10.2 Å². The molecule has 0 unspecified atom stereocenters. The SMILES string of the molecule is CCOP(=O)(OCC)Oc1ccccc1Br. The first-order valence-electron chi connectivity index (χ1n) is 4.94. The van der Waals surface area contributed by atoms with Crippen molar-refractivity contribution in [2.45, 2.75) is 13.8 Å². The van der Waals surface area contributed by atoms with Crippen LogP contribution in [0.2, 0.25) is 0 Å². The minimum atomic E-state index is -3.50. The Balaban J connectivity index is 2.83. The maximum absolute atomic E-state index is 12.0. The molecule has 4 nitrogen and oxygen atoms in total. The number of phosphoric acid groups is 1. The van der Waals surface area contributed by atoms with Crippen molar-refractivity contribution < 1.29 is 18.1 Å². The van der Waals surface area contributed by atoms with E-state index in [1.54, 1.807) is 32.0 Å². The van der Waals surface area contributed by atoms with E-state index >= 15 is 0 Å². The molecule has 0 aliphatic rings. The number of hydrogen-bond donors (Lipinski definition) is 0. The highest BCUT2D eigenvalue weighted by atomic mass is 79.9. The van der Waals surface area contributed by atoms with E-state index in [4.69, 9.17) is 13.6 Å². The summed E-state index contributed by atoms with van der Waals surface area (Å²) in [5, 5.41) is 0. The molecule has 0 aromatic heterocycles. The number of rotatable bonds is 6. The number of para-hydroxylation sites is 1. The zero-order chi connectivity index (χ0) is 12.0. The van der Waals surface area contributed by atoms with Gasteiger partial charge >= 0.3 is 7.82 Å². The van der Waals surface area contributed by atoms with E-state index in [1.807, 2.05) is 6.07 Å². The molecule has 1 aromatic rings. The number of halogens is 1. The van der Waals surface area contributed by atoms with Crippen molar-refractivity contribution in [2.24, 2.45) is 0 Å². The second-order valence-electron chi connectivity index (χ2n) is 2.80. The fraction of sp³-hybridized carbons (Fsp3) is 0.400. The highest BCUT2D eigenvalue weighted by molar-refractivity contribution is 9.10. The van der Waals surface area contributed by atoms with Gasteiger partial charge in [-0.1, -0.05) is 12.1 Å². The van der Waals surface area contributed by atoms with Gasteiger partial charge in [0.15, 0.2) is 0 Å². The van der Waals surface area contributed by atoms with Gasteiger partial charge in [-0.2, -0.15) is 0 Å². The predicted molar refractivity (Wildman–Crippen MR) is 65.6 cm³/mol. The summed E-state index contributed by atoms with van der Waals surface area (Å²) >= 11 is 3.29. The van der Waals surface area contributed by atoms with Crippen molar-refractivity contribution in [2.75, 3.05) is 13.2 Å². The second kappa shape index (κ2) is 6.40. The molecule has 6 heteroatoms. The van der Waals surface area contributed by atoms with Crippen LogP contribution in [0.15, 0.2) is 28.7 Å². The Labute approximate surface area is 104 Å². The van der Waals surface area contributed by atoms with Crippen LogP contribution in [0, 0.1) is 0 Å². The lowest BCUT2D eigenvalue weighted by Gasteiger charge is -2.17. The quantitative estimate of drug-likeness (QED) is 0.745. The molecule has 0 radical (unpaired) electrons. The maximum atomic E-state index is 12.0. The lowest BCUT2D eigenvalue weighted by Crippen LogP contribution is -2.02. The fourth-order valence-corrected chi connectivity index (χ4v) is 2.75. The molecule has 0 spiro atoms. The average molecular weight is 309 g/mol. The molecule has 0 bridgehead atoms. The molecule has 16 heavy (non-hydrogen) atoms. The van der Waals surface area contributed by atoms with Gasteiger partial charge in [0.25, 0.3) is 0 Å². The van der Waals surface area contributed by atoms with E-state index in [-0.39, 0.29) is 13.2 Å². The average Bonchev–Trinajstić information content (AvgIpc) is 2.22. The van der Waals surface area contributed by atoms with Gasteiger partial charge in [0, 0.05) is 0 Å². The van der Waals surface area contributed by atoms with Gasteiger partial charge in [-0.25, -0.2) is 4.57 Å². The van der Waals surface area contributed by atoms with Crippen molar-refractivity contribution in [3.63, 3.8) is 0 Å². The van der Waals surface area contributed by atoms with Crippen molar-refractivity contribution >= 4 is 23.8 Å². The summed E-state index contributed by atoms with van der Waals surface area (Å²) in [7, 11) is -3.50. The van der Waals surface area contributed by atoms with Gasteiger partial charge in [-0.05, 0) is 41.9 Å². The number of hydrogen-bond acceptors (Lipinski definition) is 4. The van der Waals surface area contributed by atoms with Gasteiger partial charge in [-0.3, -0.25) is 9.05 Å².